The summed E-state index contributed by atoms with van der Waals surface area (Å²) in [7, 11) is 0. The first-order valence-corrected chi connectivity index (χ1v) is 12.9. The van der Waals surface area contributed by atoms with Gasteiger partial charge < -0.3 is 4.90 Å². The van der Waals surface area contributed by atoms with Crippen molar-refractivity contribution < 1.29 is 4.79 Å². The minimum atomic E-state index is -0.303. The van der Waals surface area contributed by atoms with Crippen LogP contribution in [0.4, 0.5) is 0 Å². The minimum absolute atomic E-state index is 0.0627. The Kier molecular flexibility index (Phi) is 6.33. The van der Waals surface area contributed by atoms with Gasteiger partial charge in [-0.05, 0) is 30.9 Å². The molecule has 0 spiro atoms. The van der Waals surface area contributed by atoms with Crippen molar-refractivity contribution in [2.45, 2.75) is 36.7 Å². The molecule has 0 aliphatic carbocycles. The van der Waals surface area contributed by atoms with Crippen LogP contribution < -0.4 is 5.56 Å². The third kappa shape index (κ3) is 4.48. The number of thiophene rings is 1. The zero-order valence-electron chi connectivity index (χ0n) is 18.4. The van der Waals surface area contributed by atoms with E-state index >= 15 is 0 Å². The zero-order chi connectivity index (χ0) is 22.8. The number of likely N-dealkylation sites (tertiary alicyclic amines) is 1. The van der Waals surface area contributed by atoms with Gasteiger partial charge in [0, 0.05) is 24.0 Å². The van der Waals surface area contributed by atoms with Gasteiger partial charge in [0.15, 0.2) is 5.16 Å². The SMILES string of the molecule is CC(Sc1nc2scc(-c3ccccc3)c2c(=O)n1Cc1ccccc1)C(=O)N1CCCC1. The second kappa shape index (κ2) is 9.53. The molecule has 33 heavy (non-hydrogen) atoms. The molecule has 7 heteroatoms. The van der Waals surface area contributed by atoms with E-state index in [0.717, 1.165) is 42.6 Å². The highest BCUT2D eigenvalue weighted by atomic mass is 32.2. The smallest absolute Gasteiger partial charge is 0.263 e. The van der Waals surface area contributed by atoms with Crippen molar-refractivity contribution in [2.24, 2.45) is 0 Å². The molecule has 4 aromatic rings. The van der Waals surface area contributed by atoms with Gasteiger partial charge in [-0.25, -0.2) is 4.98 Å². The maximum absolute atomic E-state index is 13.8. The molecule has 1 amide bonds. The highest BCUT2D eigenvalue weighted by Gasteiger charge is 2.26. The van der Waals surface area contributed by atoms with Crippen molar-refractivity contribution >= 4 is 39.2 Å². The molecule has 2 aromatic heterocycles. The Hall–Kier alpha value is -2.90. The van der Waals surface area contributed by atoms with E-state index in [-0.39, 0.29) is 16.7 Å². The molecule has 0 bridgehead atoms. The number of fused-ring (bicyclic) bond motifs is 1. The Morgan fingerprint density at radius 3 is 2.42 bits per heavy atom. The third-order valence-corrected chi connectivity index (χ3v) is 7.92. The number of hydrogen-bond donors (Lipinski definition) is 0. The summed E-state index contributed by atoms with van der Waals surface area (Å²) in [5.41, 5.74) is 2.88. The summed E-state index contributed by atoms with van der Waals surface area (Å²) < 4.78 is 1.73. The summed E-state index contributed by atoms with van der Waals surface area (Å²) in [4.78, 5) is 34.3. The average Bonchev–Trinajstić information content (AvgIpc) is 3.53. The van der Waals surface area contributed by atoms with Gasteiger partial charge in [0.2, 0.25) is 5.91 Å². The van der Waals surface area contributed by atoms with E-state index in [1.807, 2.05) is 77.9 Å². The number of aromatic nitrogens is 2. The monoisotopic (exact) mass is 475 g/mol. The molecule has 1 saturated heterocycles. The molecular formula is C26H25N3O2S2. The molecule has 1 fully saturated rings. The zero-order valence-corrected chi connectivity index (χ0v) is 20.1. The Morgan fingerprint density at radius 2 is 1.73 bits per heavy atom. The molecule has 1 aliphatic heterocycles. The standard InChI is InChI=1S/C26H25N3O2S2/c1-18(24(30)28-14-8-9-15-28)33-26-27-23-22(21(17-32-23)20-12-6-3-7-13-20)25(31)29(26)16-19-10-4-2-5-11-19/h2-7,10-13,17-18H,8-9,14-16H2,1H3. The molecule has 1 atom stereocenters. The number of thioether (sulfide) groups is 1. The maximum Gasteiger partial charge on any atom is 0.263 e. The Labute approximate surface area is 201 Å². The van der Waals surface area contributed by atoms with Gasteiger partial charge in [0.25, 0.3) is 5.56 Å². The van der Waals surface area contributed by atoms with Gasteiger partial charge in [0.1, 0.15) is 4.83 Å². The van der Waals surface area contributed by atoms with E-state index in [2.05, 4.69) is 0 Å². The van der Waals surface area contributed by atoms with Crippen LogP contribution in [0, 0.1) is 0 Å². The molecule has 3 heterocycles. The van der Waals surface area contributed by atoms with E-state index in [0.29, 0.717) is 21.9 Å². The van der Waals surface area contributed by atoms with Gasteiger partial charge in [-0.15, -0.1) is 11.3 Å². The number of benzene rings is 2. The molecule has 1 aliphatic rings. The van der Waals surface area contributed by atoms with Crippen molar-refractivity contribution in [3.63, 3.8) is 0 Å². The largest absolute Gasteiger partial charge is 0.342 e. The minimum Gasteiger partial charge on any atom is -0.342 e. The van der Waals surface area contributed by atoms with Crippen LogP contribution in [0.15, 0.2) is 76.0 Å². The number of nitrogens with zero attached hydrogens (tertiary/aromatic N) is 3. The number of carbonyl (C=O) groups is 1. The van der Waals surface area contributed by atoms with Crippen LogP contribution in [0.2, 0.25) is 0 Å². The fourth-order valence-electron chi connectivity index (χ4n) is 4.23. The van der Waals surface area contributed by atoms with Gasteiger partial charge in [0.05, 0.1) is 17.2 Å². The predicted molar refractivity (Wildman–Crippen MR) is 136 cm³/mol. The maximum atomic E-state index is 13.8. The first-order chi connectivity index (χ1) is 16.1. The topological polar surface area (TPSA) is 55.2 Å². The summed E-state index contributed by atoms with van der Waals surface area (Å²) in [5, 5.41) is 2.94. The van der Waals surface area contributed by atoms with Crippen molar-refractivity contribution in [3.05, 3.63) is 82.0 Å². The van der Waals surface area contributed by atoms with Crippen LogP contribution >= 0.6 is 23.1 Å². The molecular weight excluding hydrogens is 450 g/mol. The summed E-state index contributed by atoms with van der Waals surface area (Å²) in [5.74, 6) is 0.120. The van der Waals surface area contributed by atoms with Gasteiger partial charge in [-0.1, -0.05) is 72.4 Å². The molecule has 1 unspecified atom stereocenters. The summed E-state index contributed by atoms with van der Waals surface area (Å²) in [6, 6.07) is 19.9. The van der Waals surface area contributed by atoms with E-state index in [1.165, 1.54) is 23.1 Å². The van der Waals surface area contributed by atoms with Crippen molar-refractivity contribution in [2.75, 3.05) is 13.1 Å². The van der Waals surface area contributed by atoms with Gasteiger partial charge >= 0.3 is 0 Å². The van der Waals surface area contributed by atoms with Gasteiger partial charge in [-0.3, -0.25) is 14.2 Å². The quantitative estimate of drug-likeness (QED) is 0.281. The second-order valence-electron chi connectivity index (χ2n) is 8.26. The number of rotatable bonds is 6. The number of hydrogen-bond acceptors (Lipinski definition) is 5. The summed E-state index contributed by atoms with van der Waals surface area (Å²) in [6.45, 7) is 3.97. The lowest BCUT2D eigenvalue weighted by Gasteiger charge is -2.21. The van der Waals surface area contributed by atoms with E-state index in [9.17, 15) is 9.59 Å². The average molecular weight is 476 g/mol. The third-order valence-electron chi connectivity index (χ3n) is 5.97. The normalized spacial score (nSPS) is 14.6. The lowest BCUT2D eigenvalue weighted by atomic mass is 10.1. The van der Waals surface area contributed by atoms with E-state index < -0.39 is 0 Å². The van der Waals surface area contributed by atoms with Gasteiger partial charge in [-0.2, -0.15) is 0 Å². The van der Waals surface area contributed by atoms with Crippen LogP contribution in [-0.4, -0.2) is 38.7 Å². The number of carbonyl (C=O) groups excluding carboxylic acids is 1. The Balaban J connectivity index is 1.59. The van der Waals surface area contributed by atoms with E-state index in [1.54, 1.807) is 4.57 Å². The van der Waals surface area contributed by atoms with Crippen molar-refractivity contribution in [1.82, 2.24) is 14.5 Å². The fraction of sp³-hybridized carbons (Fsp3) is 0.269. The lowest BCUT2D eigenvalue weighted by molar-refractivity contribution is -0.129. The molecule has 2 aromatic carbocycles. The number of amides is 1. The first-order valence-electron chi connectivity index (χ1n) is 11.2. The second-order valence-corrected chi connectivity index (χ2v) is 10.4. The van der Waals surface area contributed by atoms with Crippen LogP contribution in [0.3, 0.4) is 0 Å². The fourth-order valence-corrected chi connectivity index (χ4v) is 6.21. The van der Waals surface area contributed by atoms with Crippen molar-refractivity contribution in [3.8, 4) is 11.1 Å². The van der Waals surface area contributed by atoms with Crippen LogP contribution in [-0.2, 0) is 11.3 Å². The first kappa shape index (κ1) is 21.9. The highest BCUT2D eigenvalue weighted by molar-refractivity contribution is 8.00. The molecule has 5 rings (SSSR count). The Bertz CT molecular complexity index is 1330. The highest BCUT2D eigenvalue weighted by Crippen LogP contribution is 2.33. The van der Waals surface area contributed by atoms with Crippen LogP contribution in [0.1, 0.15) is 25.3 Å². The molecule has 0 radical (unpaired) electrons. The molecule has 0 N–H and O–H groups in total. The predicted octanol–water partition coefficient (Wildman–Crippen LogP) is 5.28. The van der Waals surface area contributed by atoms with E-state index in [4.69, 9.17) is 4.98 Å². The van der Waals surface area contributed by atoms with Crippen LogP contribution in [0.25, 0.3) is 21.3 Å². The summed E-state index contributed by atoms with van der Waals surface area (Å²) >= 11 is 2.87. The molecule has 168 valence electrons. The summed E-state index contributed by atoms with van der Waals surface area (Å²) in [6.07, 6.45) is 2.12. The lowest BCUT2D eigenvalue weighted by Crippen LogP contribution is -2.34. The molecule has 5 nitrogen and oxygen atoms in total. The molecule has 0 saturated carbocycles. The van der Waals surface area contributed by atoms with Crippen LogP contribution in [0.5, 0.6) is 0 Å². The van der Waals surface area contributed by atoms with Crippen molar-refractivity contribution in [1.29, 1.82) is 0 Å². The Morgan fingerprint density at radius 1 is 1.06 bits per heavy atom.